The van der Waals surface area contributed by atoms with Crippen molar-refractivity contribution in [2.24, 2.45) is 11.7 Å². The van der Waals surface area contributed by atoms with Crippen LogP contribution < -0.4 is 11.1 Å². The maximum Gasteiger partial charge on any atom is 0.340 e. The van der Waals surface area contributed by atoms with E-state index in [0.717, 1.165) is 25.3 Å². The molecule has 2 unspecified atom stereocenters. The summed E-state index contributed by atoms with van der Waals surface area (Å²) in [5.74, 6) is -1.78. The first kappa shape index (κ1) is 14.5. The van der Waals surface area contributed by atoms with Gasteiger partial charge in [-0.25, -0.2) is 9.18 Å². The topological polar surface area (TPSA) is 81.4 Å². The van der Waals surface area contributed by atoms with Crippen LogP contribution in [0.15, 0.2) is 18.2 Å². The second kappa shape index (κ2) is 6.00. The summed E-state index contributed by atoms with van der Waals surface area (Å²) >= 11 is 0. The maximum atomic E-state index is 13.2. The smallest absolute Gasteiger partial charge is 0.340 e. The lowest BCUT2D eigenvalue weighted by atomic mass is 10.0. The number of benzene rings is 1. The molecular weight excluding hydrogens is 263 g/mol. The summed E-state index contributed by atoms with van der Waals surface area (Å²) in [6.07, 6.45) is 2.44. The molecule has 1 aromatic rings. The lowest BCUT2D eigenvalue weighted by Crippen LogP contribution is -2.34. The normalized spacial score (nSPS) is 21.6. The van der Waals surface area contributed by atoms with Crippen molar-refractivity contribution in [1.29, 1.82) is 0 Å². The van der Waals surface area contributed by atoms with Crippen molar-refractivity contribution in [3.05, 3.63) is 29.6 Å². The molecule has 2 atom stereocenters. The molecule has 2 rings (SSSR count). The molecule has 0 radical (unpaired) electrons. The molecule has 1 saturated carbocycles. The summed E-state index contributed by atoms with van der Waals surface area (Å²) in [6.45, 7) is 0. The van der Waals surface area contributed by atoms with Gasteiger partial charge in [0.15, 0.2) is 0 Å². The van der Waals surface area contributed by atoms with Gasteiger partial charge in [-0.05, 0) is 31.0 Å². The largest absolute Gasteiger partial charge is 0.465 e. The Morgan fingerprint density at radius 3 is 2.75 bits per heavy atom. The minimum absolute atomic E-state index is 0.00702. The van der Waals surface area contributed by atoms with Gasteiger partial charge in [-0.3, -0.25) is 4.79 Å². The molecule has 6 heteroatoms. The standard InChI is InChI=1S/C14H17FN2O3/c1-20-14(19)10-7-8(15)5-6-12(10)17-13(18)9-3-2-4-11(9)16/h5-7,9,11H,2-4,16H2,1H3,(H,17,18). The number of nitrogens with one attached hydrogen (secondary N) is 1. The Balaban J connectivity index is 2.20. The highest BCUT2D eigenvalue weighted by atomic mass is 19.1. The molecule has 5 nitrogen and oxygen atoms in total. The number of hydrogen-bond donors (Lipinski definition) is 2. The third-order valence-corrected chi connectivity index (χ3v) is 3.55. The molecule has 0 heterocycles. The highest BCUT2D eigenvalue weighted by Crippen LogP contribution is 2.26. The number of rotatable bonds is 3. The minimum Gasteiger partial charge on any atom is -0.465 e. The van der Waals surface area contributed by atoms with Gasteiger partial charge < -0.3 is 15.8 Å². The molecule has 1 amide bonds. The number of ether oxygens (including phenoxy) is 1. The lowest BCUT2D eigenvalue weighted by Gasteiger charge is -2.16. The fraction of sp³-hybridized carbons (Fsp3) is 0.429. The Kier molecular flexibility index (Phi) is 4.34. The molecule has 20 heavy (non-hydrogen) atoms. The Labute approximate surface area is 116 Å². The molecule has 0 aliphatic heterocycles. The van der Waals surface area contributed by atoms with Crippen LogP contribution >= 0.6 is 0 Å². The summed E-state index contributed by atoms with van der Waals surface area (Å²) in [7, 11) is 1.20. The van der Waals surface area contributed by atoms with Crippen LogP contribution in [-0.2, 0) is 9.53 Å². The van der Waals surface area contributed by atoms with E-state index in [2.05, 4.69) is 10.1 Å². The number of hydrogen-bond acceptors (Lipinski definition) is 4. The second-order valence-electron chi connectivity index (χ2n) is 4.87. The Morgan fingerprint density at radius 2 is 2.15 bits per heavy atom. The zero-order valence-corrected chi connectivity index (χ0v) is 11.2. The number of esters is 1. The molecule has 0 spiro atoms. The first-order valence-electron chi connectivity index (χ1n) is 6.47. The Morgan fingerprint density at radius 1 is 1.40 bits per heavy atom. The van der Waals surface area contributed by atoms with Crippen LogP contribution in [0.3, 0.4) is 0 Å². The quantitative estimate of drug-likeness (QED) is 0.825. The van der Waals surface area contributed by atoms with Crippen molar-refractivity contribution < 1.29 is 18.7 Å². The number of carbonyl (C=O) groups is 2. The van der Waals surface area contributed by atoms with Crippen molar-refractivity contribution in [3.8, 4) is 0 Å². The van der Waals surface area contributed by atoms with Gasteiger partial charge in [0, 0.05) is 6.04 Å². The number of methoxy groups -OCH3 is 1. The second-order valence-corrected chi connectivity index (χ2v) is 4.87. The minimum atomic E-state index is -0.699. The predicted molar refractivity (Wildman–Crippen MR) is 71.7 cm³/mol. The summed E-state index contributed by atoms with van der Waals surface area (Å²) in [5, 5.41) is 2.64. The highest BCUT2D eigenvalue weighted by Gasteiger charge is 2.30. The number of anilines is 1. The van der Waals surface area contributed by atoms with Crippen molar-refractivity contribution in [3.63, 3.8) is 0 Å². The van der Waals surface area contributed by atoms with E-state index in [-0.39, 0.29) is 29.1 Å². The van der Waals surface area contributed by atoms with Gasteiger partial charge in [0.05, 0.1) is 24.3 Å². The molecule has 1 aliphatic rings. The van der Waals surface area contributed by atoms with E-state index in [1.807, 2.05) is 0 Å². The van der Waals surface area contributed by atoms with Crippen molar-refractivity contribution >= 4 is 17.6 Å². The first-order valence-corrected chi connectivity index (χ1v) is 6.47. The Bertz CT molecular complexity index is 533. The van der Waals surface area contributed by atoms with Gasteiger partial charge >= 0.3 is 5.97 Å². The van der Waals surface area contributed by atoms with E-state index in [1.165, 1.54) is 19.2 Å². The van der Waals surface area contributed by atoms with E-state index in [0.29, 0.717) is 0 Å². The fourth-order valence-electron chi connectivity index (χ4n) is 2.44. The average molecular weight is 280 g/mol. The summed E-state index contributed by atoms with van der Waals surface area (Å²) < 4.78 is 17.8. The van der Waals surface area contributed by atoms with Crippen LogP contribution in [0.2, 0.25) is 0 Å². The monoisotopic (exact) mass is 280 g/mol. The van der Waals surface area contributed by atoms with Crippen molar-refractivity contribution in [2.45, 2.75) is 25.3 Å². The van der Waals surface area contributed by atoms with Crippen LogP contribution in [-0.4, -0.2) is 25.0 Å². The molecule has 0 saturated heterocycles. The lowest BCUT2D eigenvalue weighted by molar-refractivity contribution is -0.120. The van der Waals surface area contributed by atoms with Crippen LogP contribution in [0.25, 0.3) is 0 Å². The summed E-state index contributed by atoms with van der Waals surface area (Å²) in [6, 6.07) is 3.39. The third-order valence-electron chi connectivity index (χ3n) is 3.55. The molecular formula is C14H17FN2O3. The van der Waals surface area contributed by atoms with Gasteiger partial charge in [0.1, 0.15) is 5.82 Å². The first-order chi connectivity index (χ1) is 9.52. The Hall–Kier alpha value is -1.95. The van der Waals surface area contributed by atoms with Crippen LogP contribution in [0.4, 0.5) is 10.1 Å². The SMILES string of the molecule is COC(=O)c1cc(F)ccc1NC(=O)C1CCCC1N. The zero-order chi connectivity index (χ0) is 14.7. The van der Waals surface area contributed by atoms with E-state index < -0.39 is 11.8 Å². The van der Waals surface area contributed by atoms with Crippen LogP contribution in [0.1, 0.15) is 29.6 Å². The van der Waals surface area contributed by atoms with E-state index in [1.54, 1.807) is 0 Å². The molecule has 108 valence electrons. The van der Waals surface area contributed by atoms with Gasteiger partial charge in [0.25, 0.3) is 0 Å². The number of carbonyl (C=O) groups excluding carboxylic acids is 2. The van der Waals surface area contributed by atoms with Gasteiger partial charge in [0.2, 0.25) is 5.91 Å². The van der Waals surface area contributed by atoms with Crippen LogP contribution in [0.5, 0.6) is 0 Å². The van der Waals surface area contributed by atoms with Gasteiger partial charge in [-0.15, -0.1) is 0 Å². The molecule has 1 aliphatic carbocycles. The van der Waals surface area contributed by atoms with Gasteiger partial charge in [-0.2, -0.15) is 0 Å². The van der Waals surface area contributed by atoms with E-state index in [9.17, 15) is 14.0 Å². The van der Waals surface area contributed by atoms with Crippen molar-refractivity contribution in [2.75, 3.05) is 12.4 Å². The molecule has 3 N–H and O–H groups in total. The molecule has 0 bridgehead atoms. The highest BCUT2D eigenvalue weighted by molar-refractivity contribution is 6.02. The average Bonchev–Trinajstić information content (AvgIpc) is 2.86. The summed E-state index contributed by atoms with van der Waals surface area (Å²) in [4.78, 5) is 23.7. The predicted octanol–water partition coefficient (Wildman–Crippen LogP) is 1.68. The number of halogens is 1. The summed E-state index contributed by atoms with van der Waals surface area (Å²) in [5.41, 5.74) is 6.10. The van der Waals surface area contributed by atoms with Crippen LogP contribution in [0, 0.1) is 11.7 Å². The maximum absolute atomic E-state index is 13.2. The molecule has 0 aromatic heterocycles. The third kappa shape index (κ3) is 2.96. The zero-order valence-electron chi connectivity index (χ0n) is 11.2. The molecule has 1 fully saturated rings. The van der Waals surface area contributed by atoms with E-state index >= 15 is 0 Å². The van der Waals surface area contributed by atoms with E-state index in [4.69, 9.17) is 5.73 Å². The number of amides is 1. The molecule has 1 aromatic carbocycles. The number of nitrogens with two attached hydrogens (primary N) is 1. The van der Waals surface area contributed by atoms with Crippen molar-refractivity contribution in [1.82, 2.24) is 0 Å². The van der Waals surface area contributed by atoms with Gasteiger partial charge in [-0.1, -0.05) is 6.42 Å². The fourth-order valence-corrected chi connectivity index (χ4v) is 2.44.